The van der Waals surface area contributed by atoms with E-state index in [9.17, 15) is 4.79 Å². The summed E-state index contributed by atoms with van der Waals surface area (Å²) in [7, 11) is 0. The molecular weight excluding hydrogens is 358 g/mol. The molecule has 0 radical (unpaired) electrons. The third kappa shape index (κ3) is 3.69. The van der Waals surface area contributed by atoms with E-state index in [0.717, 1.165) is 25.2 Å². The SMILES string of the molecule is C[C@@H]1CC=C(c2cccnc2)[C@@]1(C)CC[C@H]1CCC=C2C[C@@H](OC=O)CC[C@@]21C. The van der Waals surface area contributed by atoms with Gasteiger partial charge in [0.25, 0.3) is 6.47 Å². The topological polar surface area (TPSA) is 39.2 Å². The van der Waals surface area contributed by atoms with Crippen molar-refractivity contribution >= 4 is 12.0 Å². The number of aromatic nitrogens is 1. The molecule has 1 heterocycles. The molecule has 29 heavy (non-hydrogen) atoms. The van der Waals surface area contributed by atoms with Crippen LogP contribution in [0, 0.1) is 22.7 Å². The zero-order valence-electron chi connectivity index (χ0n) is 18.2. The van der Waals surface area contributed by atoms with Crippen molar-refractivity contribution in [3.63, 3.8) is 0 Å². The minimum Gasteiger partial charge on any atom is -0.464 e. The van der Waals surface area contributed by atoms with E-state index in [2.05, 4.69) is 50.0 Å². The maximum Gasteiger partial charge on any atom is 0.293 e. The fourth-order valence-electron chi connectivity index (χ4n) is 6.30. The number of fused-ring (bicyclic) bond motifs is 1. The van der Waals surface area contributed by atoms with Gasteiger partial charge in [0, 0.05) is 18.8 Å². The summed E-state index contributed by atoms with van der Waals surface area (Å²) in [6, 6.07) is 4.27. The summed E-state index contributed by atoms with van der Waals surface area (Å²) < 4.78 is 5.31. The van der Waals surface area contributed by atoms with E-state index >= 15 is 0 Å². The molecule has 1 saturated carbocycles. The number of carbonyl (C=O) groups excluding carboxylic acids is 1. The minimum absolute atomic E-state index is 0.0815. The second-order valence-corrected chi connectivity index (χ2v) is 9.97. The summed E-state index contributed by atoms with van der Waals surface area (Å²) in [5, 5.41) is 0. The van der Waals surface area contributed by atoms with Crippen molar-refractivity contribution in [3.8, 4) is 0 Å². The second-order valence-electron chi connectivity index (χ2n) is 9.97. The van der Waals surface area contributed by atoms with Gasteiger partial charge in [-0.15, -0.1) is 0 Å². The van der Waals surface area contributed by atoms with Gasteiger partial charge < -0.3 is 4.74 Å². The van der Waals surface area contributed by atoms with Crippen molar-refractivity contribution in [2.24, 2.45) is 22.7 Å². The molecule has 4 rings (SSSR count). The van der Waals surface area contributed by atoms with Gasteiger partial charge in [-0.05, 0) is 84.8 Å². The molecule has 0 unspecified atom stereocenters. The summed E-state index contributed by atoms with van der Waals surface area (Å²) in [4.78, 5) is 15.2. The van der Waals surface area contributed by atoms with Crippen molar-refractivity contribution in [2.75, 3.05) is 0 Å². The Morgan fingerprint density at radius 2 is 2.14 bits per heavy atom. The van der Waals surface area contributed by atoms with Crippen LogP contribution in [0.3, 0.4) is 0 Å². The Bertz CT molecular complexity index is 798. The summed E-state index contributed by atoms with van der Waals surface area (Å²) in [5.41, 5.74) is 4.83. The first-order valence-electron chi connectivity index (χ1n) is 11.4. The lowest BCUT2D eigenvalue weighted by Crippen LogP contribution is -2.39. The Morgan fingerprint density at radius 1 is 1.28 bits per heavy atom. The van der Waals surface area contributed by atoms with Crippen molar-refractivity contribution in [1.82, 2.24) is 4.98 Å². The molecule has 3 aliphatic rings. The Hall–Kier alpha value is -1.90. The molecule has 0 aromatic carbocycles. The van der Waals surface area contributed by atoms with E-state index in [0.29, 0.717) is 12.4 Å². The van der Waals surface area contributed by atoms with Gasteiger partial charge in [-0.1, -0.05) is 44.6 Å². The van der Waals surface area contributed by atoms with Crippen LogP contribution in [-0.2, 0) is 9.53 Å². The van der Waals surface area contributed by atoms with Gasteiger partial charge in [0.1, 0.15) is 6.10 Å². The summed E-state index contributed by atoms with van der Waals surface area (Å²) in [6.45, 7) is 7.98. The van der Waals surface area contributed by atoms with E-state index in [4.69, 9.17) is 4.74 Å². The molecule has 0 saturated heterocycles. The van der Waals surface area contributed by atoms with Gasteiger partial charge >= 0.3 is 0 Å². The van der Waals surface area contributed by atoms with Crippen molar-refractivity contribution in [3.05, 3.63) is 47.8 Å². The fraction of sp³-hybridized carbons (Fsp3) is 0.615. The van der Waals surface area contributed by atoms with Gasteiger partial charge in [0.2, 0.25) is 0 Å². The zero-order chi connectivity index (χ0) is 20.5. The largest absolute Gasteiger partial charge is 0.464 e. The Labute approximate surface area is 175 Å². The molecule has 5 atom stereocenters. The van der Waals surface area contributed by atoms with Crippen LogP contribution in [0.5, 0.6) is 0 Å². The maximum absolute atomic E-state index is 10.8. The van der Waals surface area contributed by atoms with Crippen LogP contribution in [0.2, 0.25) is 0 Å². The molecule has 1 fully saturated rings. The molecule has 1 aromatic rings. The lowest BCUT2D eigenvalue weighted by Gasteiger charge is -2.48. The molecule has 0 spiro atoms. The Morgan fingerprint density at radius 3 is 2.90 bits per heavy atom. The van der Waals surface area contributed by atoms with E-state index in [-0.39, 0.29) is 16.9 Å². The van der Waals surface area contributed by atoms with Crippen molar-refractivity contribution < 1.29 is 9.53 Å². The van der Waals surface area contributed by atoms with Gasteiger partial charge in [-0.2, -0.15) is 0 Å². The van der Waals surface area contributed by atoms with Crippen LogP contribution in [-0.4, -0.2) is 17.6 Å². The van der Waals surface area contributed by atoms with E-state index in [1.165, 1.54) is 43.2 Å². The number of allylic oxidation sites excluding steroid dienone is 3. The van der Waals surface area contributed by atoms with Crippen LogP contribution in [0.1, 0.15) is 77.7 Å². The van der Waals surface area contributed by atoms with Crippen LogP contribution < -0.4 is 0 Å². The number of hydrogen-bond donors (Lipinski definition) is 0. The number of ether oxygens (including phenoxy) is 1. The molecule has 3 nitrogen and oxygen atoms in total. The van der Waals surface area contributed by atoms with Gasteiger partial charge in [-0.3, -0.25) is 9.78 Å². The minimum atomic E-state index is 0.0815. The highest BCUT2D eigenvalue weighted by atomic mass is 16.5. The molecule has 156 valence electrons. The van der Waals surface area contributed by atoms with Gasteiger partial charge in [0.05, 0.1) is 0 Å². The predicted molar refractivity (Wildman–Crippen MR) is 117 cm³/mol. The first kappa shape index (κ1) is 20.4. The van der Waals surface area contributed by atoms with Gasteiger partial charge in [-0.25, -0.2) is 0 Å². The molecule has 3 heteroatoms. The third-order valence-corrected chi connectivity index (χ3v) is 8.58. The van der Waals surface area contributed by atoms with Crippen LogP contribution in [0.15, 0.2) is 42.3 Å². The predicted octanol–water partition coefficient (Wildman–Crippen LogP) is 6.36. The Kier molecular flexibility index (Phi) is 5.68. The highest BCUT2D eigenvalue weighted by Gasteiger charge is 2.45. The van der Waals surface area contributed by atoms with E-state index < -0.39 is 0 Å². The first-order chi connectivity index (χ1) is 14.0. The lowest BCUT2D eigenvalue weighted by molar-refractivity contribution is -0.135. The number of nitrogens with zero attached hydrogens (tertiary/aromatic N) is 1. The molecule has 0 amide bonds. The number of rotatable bonds is 6. The van der Waals surface area contributed by atoms with Crippen molar-refractivity contribution in [2.45, 2.75) is 78.2 Å². The normalized spacial score (nSPS) is 36.7. The van der Waals surface area contributed by atoms with Crippen LogP contribution in [0.4, 0.5) is 0 Å². The van der Waals surface area contributed by atoms with Crippen molar-refractivity contribution in [1.29, 1.82) is 0 Å². The molecule has 0 bridgehead atoms. The number of carbonyl (C=O) groups is 1. The quantitative estimate of drug-likeness (QED) is 0.417. The maximum atomic E-state index is 10.8. The highest BCUT2D eigenvalue weighted by molar-refractivity contribution is 5.71. The third-order valence-electron chi connectivity index (χ3n) is 8.58. The molecule has 0 N–H and O–H groups in total. The number of hydrogen-bond acceptors (Lipinski definition) is 3. The molecule has 0 aliphatic heterocycles. The molecule has 1 aromatic heterocycles. The highest BCUT2D eigenvalue weighted by Crippen LogP contribution is 2.56. The monoisotopic (exact) mass is 393 g/mol. The van der Waals surface area contributed by atoms with E-state index in [1.807, 2.05) is 12.4 Å². The first-order valence-corrected chi connectivity index (χ1v) is 11.4. The smallest absolute Gasteiger partial charge is 0.293 e. The average molecular weight is 394 g/mol. The van der Waals surface area contributed by atoms with Gasteiger partial charge in [0.15, 0.2) is 0 Å². The fourth-order valence-corrected chi connectivity index (χ4v) is 6.30. The summed E-state index contributed by atoms with van der Waals surface area (Å²) >= 11 is 0. The summed E-state index contributed by atoms with van der Waals surface area (Å²) in [6.07, 6.45) is 18.1. The second kappa shape index (κ2) is 8.08. The standard InChI is InChI=1S/C26H35NO2/c1-19-9-10-24(20-6-5-15-27-17-20)25(19,2)13-11-21-7-4-8-22-16-23(29-18-28)12-14-26(21,22)3/h5-6,8,10,15,17-19,21,23H,4,7,9,11-14,16H2,1-3H3/t19-,21-,23+,25+,26-/m1/s1. The summed E-state index contributed by atoms with van der Waals surface area (Å²) in [5.74, 6) is 1.39. The molecule has 3 aliphatic carbocycles. The zero-order valence-corrected chi connectivity index (χ0v) is 18.2. The number of pyridine rings is 1. The Balaban J connectivity index is 1.49. The van der Waals surface area contributed by atoms with E-state index in [1.54, 1.807) is 5.57 Å². The average Bonchev–Trinajstić information content (AvgIpc) is 3.02. The molecular formula is C26H35NO2. The van der Waals surface area contributed by atoms with Crippen LogP contribution in [0.25, 0.3) is 5.57 Å². The van der Waals surface area contributed by atoms with Crippen LogP contribution >= 0.6 is 0 Å². The lowest BCUT2D eigenvalue weighted by atomic mass is 9.57.